The first kappa shape index (κ1) is 13.7. The first-order chi connectivity index (χ1) is 7.59. The van der Waals surface area contributed by atoms with Crippen LogP contribution >= 0.6 is 0 Å². The first-order valence-electron chi connectivity index (χ1n) is 6.69. The zero-order valence-corrected chi connectivity index (χ0v) is 11.0. The Morgan fingerprint density at radius 2 is 2.00 bits per heavy atom. The smallest absolute Gasteiger partial charge is 0.158 e. The molecular weight excluding hydrogens is 200 g/mol. The average Bonchev–Trinajstić information content (AvgIpc) is 2.19. The van der Waals surface area contributed by atoms with Gasteiger partial charge < -0.3 is 4.74 Å². The molecule has 1 aliphatic carbocycles. The lowest BCUT2D eigenvalue weighted by molar-refractivity contribution is -0.125. The lowest BCUT2D eigenvalue weighted by Crippen LogP contribution is -2.23. The topological polar surface area (TPSA) is 26.3 Å². The van der Waals surface area contributed by atoms with Crippen molar-refractivity contribution in [3.05, 3.63) is 0 Å². The van der Waals surface area contributed by atoms with Crippen molar-refractivity contribution in [3.63, 3.8) is 0 Å². The normalized spacial score (nSPS) is 26.0. The number of hydrogen-bond acceptors (Lipinski definition) is 2. The van der Waals surface area contributed by atoms with Crippen LogP contribution in [-0.2, 0) is 9.53 Å². The van der Waals surface area contributed by atoms with Gasteiger partial charge in [-0.3, -0.25) is 4.79 Å². The van der Waals surface area contributed by atoms with Crippen molar-refractivity contribution in [2.75, 3.05) is 13.2 Å². The quantitative estimate of drug-likeness (QED) is 0.693. The molecular formula is C14H26O2. The predicted octanol–water partition coefficient (Wildman–Crippen LogP) is 3.44. The summed E-state index contributed by atoms with van der Waals surface area (Å²) in [6.45, 7) is 7.55. The molecule has 1 rings (SSSR count). The van der Waals surface area contributed by atoms with Gasteiger partial charge in [-0.2, -0.15) is 0 Å². The van der Waals surface area contributed by atoms with Gasteiger partial charge in [-0.05, 0) is 24.2 Å². The summed E-state index contributed by atoms with van der Waals surface area (Å²) in [6, 6.07) is 0. The maximum atomic E-state index is 11.5. The van der Waals surface area contributed by atoms with Crippen molar-refractivity contribution < 1.29 is 9.53 Å². The lowest BCUT2D eigenvalue weighted by atomic mass is 9.81. The Balaban J connectivity index is 2.12. The van der Waals surface area contributed by atoms with Gasteiger partial charge >= 0.3 is 0 Å². The molecule has 0 aromatic heterocycles. The van der Waals surface area contributed by atoms with Crippen molar-refractivity contribution >= 4 is 5.78 Å². The fourth-order valence-electron chi connectivity index (χ4n) is 2.48. The van der Waals surface area contributed by atoms with Gasteiger partial charge in [0.15, 0.2) is 5.78 Å². The molecule has 1 saturated carbocycles. The predicted molar refractivity (Wildman–Crippen MR) is 66.4 cm³/mol. The van der Waals surface area contributed by atoms with Crippen LogP contribution in [0.15, 0.2) is 0 Å². The Hall–Kier alpha value is -0.370. The van der Waals surface area contributed by atoms with Crippen molar-refractivity contribution in [2.45, 2.75) is 52.9 Å². The molecule has 2 atom stereocenters. The van der Waals surface area contributed by atoms with E-state index in [1.54, 1.807) is 0 Å². The van der Waals surface area contributed by atoms with Crippen molar-refractivity contribution in [1.29, 1.82) is 0 Å². The van der Waals surface area contributed by atoms with Gasteiger partial charge in [-0.15, -0.1) is 0 Å². The van der Waals surface area contributed by atoms with Crippen molar-refractivity contribution in [2.24, 2.45) is 17.8 Å². The molecule has 2 nitrogen and oxygen atoms in total. The zero-order chi connectivity index (χ0) is 12.0. The number of ether oxygens (including phenoxy) is 1. The molecule has 0 bridgehead atoms. The number of Topliss-reactive ketones (excluding diaryl/α,β-unsaturated/α-hetero) is 1. The number of hydrogen-bond donors (Lipinski definition) is 0. The monoisotopic (exact) mass is 226 g/mol. The standard InChI is InChI=1S/C14H26O2/c1-11(2)8-14(15)10-16-9-13-7-5-4-6-12(13)3/h11-13H,4-10H2,1-3H3. The van der Waals surface area contributed by atoms with Gasteiger partial charge in [0.05, 0.1) is 6.61 Å². The van der Waals surface area contributed by atoms with E-state index in [9.17, 15) is 4.79 Å². The van der Waals surface area contributed by atoms with E-state index in [1.165, 1.54) is 25.7 Å². The molecule has 94 valence electrons. The molecule has 16 heavy (non-hydrogen) atoms. The van der Waals surface area contributed by atoms with Crippen molar-refractivity contribution in [3.8, 4) is 0 Å². The Bertz CT molecular complexity index is 211. The second kappa shape index (κ2) is 7.05. The Morgan fingerprint density at radius 3 is 2.62 bits per heavy atom. The summed E-state index contributed by atoms with van der Waals surface area (Å²) in [5, 5.41) is 0. The molecule has 2 heteroatoms. The van der Waals surface area contributed by atoms with Crippen LogP contribution in [0.5, 0.6) is 0 Å². The third-order valence-corrected chi connectivity index (χ3v) is 3.52. The second-order valence-electron chi connectivity index (χ2n) is 5.67. The molecule has 0 amide bonds. The summed E-state index contributed by atoms with van der Waals surface area (Å²) >= 11 is 0. The highest BCUT2D eigenvalue weighted by molar-refractivity contribution is 5.79. The summed E-state index contributed by atoms with van der Waals surface area (Å²) in [4.78, 5) is 11.5. The van der Waals surface area contributed by atoms with Crippen LogP contribution < -0.4 is 0 Å². The fraction of sp³-hybridized carbons (Fsp3) is 0.929. The summed E-state index contributed by atoms with van der Waals surface area (Å²) < 4.78 is 5.56. The van der Waals surface area contributed by atoms with Crippen LogP contribution in [0, 0.1) is 17.8 Å². The van der Waals surface area contributed by atoms with E-state index in [0.29, 0.717) is 24.9 Å². The third kappa shape index (κ3) is 5.11. The average molecular weight is 226 g/mol. The van der Waals surface area contributed by atoms with Crippen LogP contribution in [0.25, 0.3) is 0 Å². The molecule has 2 unspecified atom stereocenters. The van der Waals surface area contributed by atoms with E-state index in [1.807, 2.05) is 0 Å². The molecule has 1 aliphatic rings. The van der Waals surface area contributed by atoms with Crippen molar-refractivity contribution in [1.82, 2.24) is 0 Å². The van der Waals surface area contributed by atoms with Gasteiger partial charge in [0.1, 0.15) is 6.61 Å². The van der Waals surface area contributed by atoms with Crippen LogP contribution in [-0.4, -0.2) is 19.0 Å². The van der Waals surface area contributed by atoms with E-state index in [2.05, 4.69) is 20.8 Å². The van der Waals surface area contributed by atoms with Gasteiger partial charge in [0.25, 0.3) is 0 Å². The molecule has 0 radical (unpaired) electrons. The third-order valence-electron chi connectivity index (χ3n) is 3.52. The minimum atomic E-state index is 0.249. The largest absolute Gasteiger partial charge is 0.373 e. The lowest BCUT2D eigenvalue weighted by Gasteiger charge is -2.28. The molecule has 0 saturated heterocycles. The first-order valence-corrected chi connectivity index (χ1v) is 6.69. The van der Waals surface area contributed by atoms with E-state index < -0.39 is 0 Å². The Labute approximate surface area is 99.8 Å². The number of carbonyl (C=O) groups is 1. The van der Waals surface area contributed by atoms with E-state index in [0.717, 1.165) is 12.5 Å². The maximum absolute atomic E-state index is 11.5. The minimum Gasteiger partial charge on any atom is -0.373 e. The number of rotatable bonds is 6. The van der Waals surface area contributed by atoms with Crippen LogP contribution in [0.2, 0.25) is 0 Å². The summed E-state index contributed by atoms with van der Waals surface area (Å²) in [6.07, 6.45) is 5.95. The molecule has 0 aromatic rings. The number of ketones is 1. The zero-order valence-electron chi connectivity index (χ0n) is 11.0. The highest BCUT2D eigenvalue weighted by atomic mass is 16.5. The SMILES string of the molecule is CC(C)CC(=O)COCC1CCCCC1C. The van der Waals surface area contributed by atoms with E-state index in [-0.39, 0.29) is 5.78 Å². The summed E-state index contributed by atoms with van der Waals surface area (Å²) in [5.41, 5.74) is 0. The number of carbonyl (C=O) groups excluding carboxylic acids is 1. The van der Waals surface area contributed by atoms with E-state index >= 15 is 0 Å². The molecule has 0 spiro atoms. The highest BCUT2D eigenvalue weighted by Gasteiger charge is 2.21. The van der Waals surface area contributed by atoms with Gasteiger partial charge in [-0.1, -0.05) is 40.0 Å². The second-order valence-corrected chi connectivity index (χ2v) is 5.67. The molecule has 0 N–H and O–H groups in total. The van der Waals surface area contributed by atoms with Crippen LogP contribution in [0.1, 0.15) is 52.9 Å². The molecule has 0 aromatic carbocycles. The maximum Gasteiger partial charge on any atom is 0.158 e. The highest BCUT2D eigenvalue weighted by Crippen LogP contribution is 2.29. The fourth-order valence-corrected chi connectivity index (χ4v) is 2.48. The van der Waals surface area contributed by atoms with Gasteiger partial charge in [0, 0.05) is 6.42 Å². The Morgan fingerprint density at radius 1 is 1.31 bits per heavy atom. The summed E-state index contributed by atoms with van der Waals surface area (Å²) in [5.74, 6) is 2.15. The molecule has 1 fully saturated rings. The van der Waals surface area contributed by atoms with Crippen LogP contribution in [0.4, 0.5) is 0 Å². The Kier molecular flexibility index (Phi) is 6.04. The summed E-state index contributed by atoms with van der Waals surface area (Å²) in [7, 11) is 0. The van der Waals surface area contributed by atoms with Gasteiger partial charge in [0.2, 0.25) is 0 Å². The van der Waals surface area contributed by atoms with Gasteiger partial charge in [-0.25, -0.2) is 0 Å². The van der Waals surface area contributed by atoms with Crippen LogP contribution in [0.3, 0.4) is 0 Å². The van der Waals surface area contributed by atoms with E-state index in [4.69, 9.17) is 4.74 Å². The molecule has 0 aliphatic heterocycles. The molecule has 0 heterocycles. The minimum absolute atomic E-state index is 0.249.